The fourth-order valence-corrected chi connectivity index (χ4v) is 3.35. The summed E-state index contributed by atoms with van der Waals surface area (Å²) in [4.78, 5) is 23.7. The van der Waals surface area contributed by atoms with E-state index in [1.165, 1.54) is 0 Å². The highest BCUT2D eigenvalue weighted by Crippen LogP contribution is 2.62. The first-order valence-electron chi connectivity index (χ1n) is 13.1. The largest absolute Gasteiger partial charge is 0.465 e. The maximum atomic E-state index is 13.8. The number of carbonyl (C=O) groups excluding carboxylic acids is 2. The average molecular weight is 852 g/mol. The minimum atomic E-state index is -8.22. The second kappa shape index (κ2) is 14.6. The molecule has 0 aromatic rings. The van der Waals surface area contributed by atoms with E-state index in [0.717, 1.165) is 6.92 Å². The first-order chi connectivity index (χ1) is 22.8. The van der Waals surface area contributed by atoms with Gasteiger partial charge in [0.25, 0.3) is 0 Å². The summed E-state index contributed by atoms with van der Waals surface area (Å²) in [7, 11) is 0. The van der Waals surface area contributed by atoms with Gasteiger partial charge in [-0.3, -0.25) is 9.59 Å². The molecule has 316 valence electrons. The summed E-state index contributed by atoms with van der Waals surface area (Å²) in [5.41, 5.74) is 0. The predicted molar refractivity (Wildman–Crippen MR) is 116 cm³/mol. The van der Waals surface area contributed by atoms with Crippen LogP contribution in [-0.2, 0) is 19.1 Å². The van der Waals surface area contributed by atoms with Gasteiger partial charge in [0, 0.05) is 6.42 Å². The number of esters is 2. The van der Waals surface area contributed by atoms with Gasteiger partial charge in [0.1, 0.15) is 0 Å². The van der Waals surface area contributed by atoms with Crippen LogP contribution in [0.25, 0.3) is 0 Å². The van der Waals surface area contributed by atoms with E-state index in [0.29, 0.717) is 6.92 Å². The summed E-state index contributed by atoms with van der Waals surface area (Å²) < 4.78 is 349. The summed E-state index contributed by atoms with van der Waals surface area (Å²) in [6.07, 6.45) is -22.7. The van der Waals surface area contributed by atoms with E-state index in [2.05, 4.69) is 9.47 Å². The third kappa shape index (κ3) is 8.52. The second-order valence-corrected chi connectivity index (χ2v) is 10.9. The molecule has 0 amide bonds. The van der Waals surface area contributed by atoms with E-state index in [1.807, 2.05) is 0 Å². The standard InChI is InChI=1S/C23H18F26O4/c1-8(7-10(50)52-5-3-12(24,25)14(28,29)16(32,33)18(36,37)20(40,41)22(44,45)46)9(2)11(51)53-6-4-13(26,27)15(30,31)17(34,35)19(38,39)21(42,43)23(47,48)49/h8-9H,3-7H2,1-2H3. The second-order valence-electron chi connectivity index (χ2n) is 10.9. The van der Waals surface area contributed by atoms with Crippen molar-refractivity contribution in [1.29, 1.82) is 0 Å². The van der Waals surface area contributed by atoms with Crippen LogP contribution < -0.4 is 0 Å². The molecule has 0 spiro atoms. The SMILES string of the molecule is CC(CC(=O)OCCC(F)(F)C(F)(F)C(F)(F)C(F)(F)C(F)(F)C(F)(F)F)C(C)C(=O)OCCC(F)(F)C(F)(F)C(F)(F)C(F)(F)C(F)(F)C(F)(F)F. The summed E-state index contributed by atoms with van der Waals surface area (Å²) in [5.74, 6) is -85.0. The Hall–Kier alpha value is -2.88. The number of halogens is 26. The zero-order valence-corrected chi connectivity index (χ0v) is 25.2. The third-order valence-corrected chi connectivity index (χ3v) is 7.05. The fourth-order valence-electron chi connectivity index (χ4n) is 3.35. The normalized spacial score (nSPS) is 16.7. The maximum Gasteiger partial charge on any atom is 0.460 e. The molecule has 0 aliphatic rings. The fraction of sp³-hybridized carbons (Fsp3) is 0.913. The van der Waals surface area contributed by atoms with Gasteiger partial charge in [-0.15, -0.1) is 0 Å². The smallest absolute Gasteiger partial charge is 0.460 e. The van der Waals surface area contributed by atoms with Crippen molar-refractivity contribution >= 4 is 11.9 Å². The number of alkyl halides is 26. The van der Waals surface area contributed by atoms with Crippen molar-refractivity contribution in [3.63, 3.8) is 0 Å². The number of hydrogen-bond donors (Lipinski definition) is 0. The quantitative estimate of drug-likeness (QED) is 0.102. The molecular weight excluding hydrogens is 834 g/mol. The van der Waals surface area contributed by atoms with E-state index < -0.39 is 128 Å². The number of carbonyl (C=O) groups is 2. The molecule has 0 aromatic heterocycles. The lowest BCUT2D eigenvalue weighted by molar-refractivity contribution is -0.440. The van der Waals surface area contributed by atoms with Crippen molar-refractivity contribution in [1.82, 2.24) is 0 Å². The molecule has 0 radical (unpaired) electrons. The van der Waals surface area contributed by atoms with Gasteiger partial charge in [-0.2, -0.15) is 114 Å². The van der Waals surface area contributed by atoms with Crippen molar-refractivity contribution in [2.45, 2.75) is 105 Å². The van der Waals surface area contributed by atoms with Crippen molar-refractivity contribution in [2.75, 3.05) is 13.2 Å². The molecule has 0 heterocycles. The van der Waals surface area contributed by atoms with Crippen LogP contribution in [0.3, 0.4) is 0 Å². The summed E-state index contributed by atoms with van der Waals surface area (Å²) in [5, 5.41) is 0. The van der Waals surface area contributed by atoms with Gasteiger partial charge >= 0.3 is 83.5 Å². The molecule has 30 heteroatoms. The highest BCUT2D eigenvalue weighted by molar-refractivity contribution is 5.74. The topological polar surface area (TPSA) is 52.6 Å². The lowest BCUT2D eigenvalue weighted by Gasteiger charge is -2.39. The van der Waals surface area contributed by atoms with Crippen LogP contribution in [0.1, 0.15) is 33.1 Å². The van der Waals surface area contributed by atoms with Crippen LogP contribution in [0.15, 0.2) is 0 Å². The first-order valence-corrected chi connectivity index (χ1v) is 13.1. The molecule has 0 saturated carbocycles. The lowest BCUT2D eigenvalue weighted by atomic mass is 9.92. The number of rotatable bonds is 18. The third-order valence-electron chi connectivity index (χ3n) is 7.05. The Bertz CT molecular complexity index is 1280. The molecule has 0 N–H and O–H groups in total. The van der Waals surface area contributed by atoms with Gasteiger partial charge in [0.2, 0.25) is 0 Å². The molecule has 2 unspecified atom stereocenters. The zero-order chi connectivity index (χ0) is 43.3. The molecule has 0 aliphatic heterocycles. The molecular formula is C23H18F26O4. The van der Waals surface area contributed by atoms with Crippen molar-refractivity contribution < 1.29 is 133 Å². The van der Waals surface area contributed by atoms with E-state index in [-0.39, 0.29) is 0 Å². The summed E-state index contributed by atoms with van der Waals surface area (Å²) >= 11 is 0. The molecule has 0 aliphatic carbocycles. The van der Waals surface area contributed by atoms with Gasteiger partial charge < -0.3 is 9.47 Å². The van der Waals surface area contributed by atoms with Crippen LogP contribution in [0.2, 0.25) is 0 Å². The minimum absolute atomic E-state index is 0.620. The Morgan fingerprint density at radius 1 is 0.415 bits per heavy atom. The average Bonchev–Trinajstić information content (AvgIpc) is 2.94. The van der Waals surface area contributed by atoms with Gasteiger partial charge in [-0.25, -0.2) is 0 Å². The van der Waals surface area contributed by atoms with Gasteiger partial charge in [-0.1, -0.05) is 13.8 Å². The molecule has 2 atom stereocenters. The van der Waals surface area contributed by atoms with Gasteiger partial charge in [0.15, 0.2) is 0 Å². The van der Waals surface area contributed by atoms with E-state index in [1.54, 1.807) is 0 Å². The molecule has 0 fully saturated rings. The molecule has 53 heavy (non-hydrogen) atoms. The minimum Gasteiger partial charge on any atom is -0.465 e. The first kappa shape index (κ1) is 50.1. The van der Waals surface area contributed by atoms with Crippen LogP contribution in [0, 0.1) is 11.8 Å². The van der Waals surface area contributed by atoms with E-state index >= 15 is 0 Å². The molecule has 0 aromatic carbocycles. The number of ether oxygens (including phenoxy) is 2. The Balaban J connectivity index is 5.51. The zero-order valence-electron chi connectivity index (χ0n) is 25.2. The lowest BCUT2D eigenvalue weighted by Crippen LogP contribution is -2.70. The van der Waals surface area contributed by atoms with Crippen molar-refractivity contribution in [3.05, 3.63) is 0 Å². The molecule has 4 nitrogen and oxygen atoms in total. The Kier molecular flexibility index (Phi) is 13.9. The molecule has 0 bridgehead atoms. The number of hydrogen-bond acceptors (Lipinski definition) is 4. The Labute approximate surface area is 276 Å². The van der Waals surface area contributed by atoms with E-state index in [4.69, 9.17) is 0 Å². The summed E-state index contributed by atoms with van der Waals surface area (Å²) in [6.45, 7) is -3.12. The van der Waals surface area contributed by atoms with Crippen LogP contribution in [0.5, 0.6) is 0 Å². The monoisotopic (exact) mass is 852 g/mol. The van der Waals surface area contributed by atoms with Crippen molar-refractivity contribution in [2.24, 2.45) is 11.8 Å². The van der Waals surface area contributed by atoms with Gasteiger partial charge in [0.05, 0.1) is 32.0 Å². The molecule has 0 rings (SSSR count). The van der Waals surface area contributed by atoms with Crippen molar-refractivity contribution in [3.8, 4) is 0 Å². The summed E-state index contributed by atoms with van der Waals surface area (Å²) in [6, 6.07) is 0. The maximum absolute atomic E-state index is 13.8. The van der Waals surface area contributed by atoms with Gasteiger partial charge in [-0.05, 0) is 5.92 Å². The highest BCUT2D eigenvalue weighted by Gasteiger charge is 2.92. The predicted octanol–water partition coefficient (Wildman–Crippen LogP) is 9.99. The highest BCUT2D eigenvalue weighted by atomic mass is 19.4. The Morgan fingerprint density at radius 2 is 0.679 bits per heavy atom. The van der Waals surface area contributed by atoms with Crippen LogP contribution in [-0.4, -0.2) is 96.7 Å². The van der Waals surface area contributed by atoms with Crippen LogP contribution in [0.4, 0.5) is 114 Å². The Morgan fingerprint density at radius 3 is 0.962 bits per heavy atom. The van der Waals surface area contributed by atoms with E-state index in [9.17, 15) is 124 Å². The van der Waals surface area contributed by atoms with Crippen LogP contribution >= 0.6 is 0 Å². The molecule has 0 saturated heterocycles.